The van der Waals surface area contributed by atoms with Gasteiger partial charge in [0.25, 0.3) is 0 Å². The van der Waals surface area contributed by atoms with Crippen LogP contribution in [0.1, 0.15) is 37.3 Å². The fraction of sp³-hybridized carbons (Fsp3) is 0.571. The number of nitrogens with two attached hydrogens (primary N) is 1. The zero-order valence-electron chi connectivity index (χ0n) is 9.73. The zero-order valence-corrected chi connectivity index (χ0v) is 9.73. The third-order valence-electron chi connectivity index (χ3n) is 3.99. The van der Waals surface area contributed by atoms with Crippen LogP contribution in [0.5, 0.6) is 0 Å². The highest BCUT2D eigenvalue weighted by atomic mass is 15.2. The maximum atomic E-state index is 6.46. The Kier molecular flexibility index (Phi) is 2.49. The number of benzene rings is 1. The van der Waals surface area contributed by atoms with Crippen LogP contribution in [-0.4, -0.2) is 23.5 Å². The summed E-state index contributed by atoms with van der Waals surface area (Å²) < 4.78 is 0. The zero-order chi connectivity index (χ0) is 11.0. The Morgan fingerprint density at radius 3 is 2.25 bits per heavy atom. The summed E-state index contributed by atoms with van der Waals surface area (Å²) in [6.45, 7) is 2.44. The van der Waals surface area contributed by atoms with Crippen molar-refractivity contribution in [3.8, 4) is 0 Å². The summed E-state index contributed by atoms with van der Waals surface area (Å²) in [4.78, 5) is 2.59. The van der Waals surface area contributed by atoms with Crippen LogP contribution in [-0.2, 0) is 0 Å². The fourth-order valence-corrected chi connectivity index (χ4v) is 2.96. The predicted octanol–water partition coefficient (Wildman–Crippen LogP) is 2.31. The van der Waals surface area contributed by atoms with E-state index in [4.69, 9.17) is 5.73 Å². The lowest BCUT2D eigenvalue weighted by atomic mass is 9.96. The molecule has 1 aliphatic carbocycles. The first kappa shape index (κ1) is 10.3. The second-order valence-corrected chi connectivity index (χ2v) is 5.29. The van der Waals surface area contributed by atoms with E-state index in [-0.39, 0.29) is 5.54 Å². The van der Waals surface area contributed by atoms with E-state index in [1.165, 1.54) is 44.3 Å². The van der Waals surface area contributed by atoms with Crippen LogP contribution in [0.15, 0.2) is 30.3 Å². The van der Waals surface area contributed by atoms with Gasteiger partial charge in [0, 0.05) is 5.54 Å². The van der Waals surface area contributed by atoms with Crippen LogP contribution >= 0.6 is 0 Å². The summed E-state index contributed by atoms with van der Waals surface area (Å²) in [5.41, 5.74) is 7.93. The van der Waals surface area contributed by atoms with Gasteiger partial charge in [0.15, 0.2) is 0 Å². The molecule has 0 bridgehead atoms. The van der Waals surface area contributed by atoms with E-state index in [9.17, 15) is 0 Å². The smallest absolute Gasteiger partial charge is 0.0527 e. The molecule has 1 saturated carbocycles. The molecule has 1 saturated heterocycles. The SMILES string of the molecule is NC1(C(c2ccccc2)N2CCCC2)CC1. The molecule has 0 aromatic heterocycles. The molecule has 1 aliphatic heterocycles. The second-order valence-electron chi connectivity index (χ2n) is 5.29. The molecule has 0 amide bonds. The van der Waals surface area contributed by atoms with Gasteiger partial charge in [-0.3, -0.25) is 4.90 Å². The molecule has 0 radical (unpaired) electrons. The molecular weight excluding hydrogens is 196 g/mol. The first-order valence-corrected chi connectivity index (χ1v) is 6.37. The average Bonchev–Trinajstić information content (AvgIpc) is 2.83. The Hall–Kier alpha value is -0.860. The van der Waals surface area contributed by atoms with Crippen molar-refractivity contribution in [2.45, 2.75) is 37.3 Å². The summed E-state index contributed by atoms with van der Waals surface area (Å²) in [6.07, 6.45) is 5.03. The fourth-order valence-electron chi connectivity index (χ4n) is 2.96. The van der Waals surface area contributed by atoms with Gasteiger partial charge in [-0.1, -0.05) is 30.3 Å². The molecule has 3 rings (SSSR count). The monoisotopic (exact) mass is 216 g/mol. The topological polar surface area (TPSA) is 29.3 Å². The lowest BCUT2D eigenvalue weighted by Gasteiger charge is -2.33. The lowest BCUT2D eigenvalue weighted by Crippen LogP contribution is -2.41. The van der Waals surface area contributed by atoms with Gasteiger partial charge in [-0.2, -0.15) is 0 Å². The summed E-state index contributed by atoms with van der Waals surface area (Å²) in [6, 6.07) is 11.3. The summed E-state index contributed by atoms with van der Waals surface area (Å²) in [5.74, 6) is 0. The van der Waals surface area contributed by atoms with Gasteiger partial charge in [-0.15, -0.1) is 0 Å². The Morgan fingerprint density at radius 1 is 1.06 bits per heavy atom. The number of rotatable bonds is 3. The molecule has 1 unspecified atom stereocenters. The minimum absolute atomic E-state index is 0.0612. The quantitative estimate of drug-likeness (QED) is 0.840. The highest BCUT2D eigenvalue weighted by molar-refractivity contribution is 5.27. The third kappa shape index (κ3) is 1.76. The molecule has 2 nitrogen and oxygen atoms in total. The molecule has 1 heterocycles. The van der Waals surface area contributed by atoms with Crippen molar-refractivity contribution < 1.29 is 0 Å². The van der Waals surface area contributed by atoms with Crippen LogP contribution in [0.4, 0.5) is 0 Å². The third-order valence-corrected chi connectivity index (χ3v) is 3.99. The Morgan fingerprint density at radius 2 is 1.69 bits per heavy atom. The van der Waals surface area contributed by atoms with Crippen LogP contribution < -0.4 is 5.73 Å². The van der Waals surface area contributed by atoms with Crippen LogP contribution in [0.3, 0.4) is 0 Å². The van der Waals surface area contributed by atoms with E-state index in [0.717, 1.165) is 0 Å². The van der Waals surface area contributed by atoms with E-state index in [2.05, 4.69) is 35.2 Å². The van der Waals surface area contributed by atoms with Crippen molar-refractivity contribution >= 4 is 0 Å². The maximum absolute atomic E-state index is 6.46. The molecule has 1 atom stereocenters. The maximum Gasteiger partial charge on any atom is 0.0527 e. The van der Waals surface area contributed by atoms with Crippen molar-refractivity contribution in [1.82, 2.24) is 4.90 Å². The first-order chi connectivity index (χ1) is 7.80. The van der Waals surface area contributed by atoms with Gasteiger partial charge in [-0.25, -0.2) is 0 Å². The molecule has 1 aromatic carbocycles. The van der Waals surface area contributed by atoms with Crippen LogP contribution in [0.2, 0.25) is 0 Å². The number of likely N-dealkylation sites (tertiary alicyclic amines) is 1. The molecule has 2 heteroatoms. The molecular formula is C14H20N2. The van der Waals surface area contributed by atoms with Crippen molar-refractivity contribution in [2.24, 2.45) is 5.73 Å². The molecule has 1 aromatic rings. The Labute approximate surface area is 97.4 Å². The highest BCUT2D eigenvalue weighted by Crippen LogP contribution is 2.47. The van der Waals surface area contributed by atoms with Crippen molar-refractivity contribution in [1.29, 1.82) is 0 Å². The van der Waals surface area contributed by atoms with Gasteiger partial charge in [0.1, 0.15) is 0 Å². The van der Waals surface area contributed by atoms with Crippen LogP contribution in [0, 0.1) is 0 Å². The molecule has 0 spiro atoms. The standard InChI is InChI=1S/C14H20N2/c15-14(8-9-14)13(16-10-4-5-11-16)12-6-2-1-3-7-12/h1-3,6-7,13H,4-5,8-11,15H2. The number of nitrogens with zero attached hydrogens (tertiary/aromatic N) is 1. The predicted molar refractivity (Wildman–Crippen MR) is 66.1 cm³/mol. The average molecular weight is 216 g/mol. The molecule has 86 valence electrons. The van der Waals surface area contributed by atoms with Gasteiger partial charge in [0.05, 0.1) is 6.04 Å². The lowest BCUT2D eigenvalue weighted by molar-refractivity contribution is 0.202. The summed E-state index contributed by atoms with van der Waals surface area (Å²) in [7, 11) is 0. The summed E-state index contributed by atoms with van der Waals surface area (Å²) in [5, 5.41) is 0. The first-order valence-electron chi connectivity index (χ1n) is 6.37. The van der Waals surface area contributed by atoms with Gasteiger partial charge < -0.3 is 5.73 Å². The molecule has 2 fully saturated rings. The van der Waals surface area contributed by atoms with E-state index >= 15 is 0 Å². The normalized spacial score (nSPS) is 25.6. The summed E-state index contributed by atoms with van der Waals surface area (Å²) >= 11 is 0. The molecule has 2 N–H and O–H groups in total. The minimum Gasteiger partial charge on any atom is -0.323 e. The van der Waals surface area contributed by atoms with E-state index in [1.54, 1.807) is 0 Å². The van der Waals surface area contributed by atoms with E-state index in [1.807, 2.05) is 0 Å². The van der Waals surface area contributed by atoms with E-state index < -0.39 is 0 Å². The Balaban J connectivity index is 1.90. The number of hydrogen-bond acceptors (Lipinski definition) is 2. The van der Waals surface area contributed by atoms with Crippen molar-refractivity contribution in [3.63, 3.8) is 0 Å². The highest BCUT2D eigenvalue weighted by Gasteiger charge is 2.49. The van der Waals surface area contributed by atoms with Crippen molar-refractivity contribution in [3.05, 3.63) is 35.9 Å². The molecule has 2 aliphatic rings. The minimum atomic E-state index is 0.0612. The second kappa shape index (κ2) is 3.86. The van der Waals surface area contributed by atoms with Crippen LogP contribution in [0.25, 0.3) is 0 Å². The van der Waals surface area contributed by atoms with Gasteiger partial charge in [-0.05, 0) is 44.3 Å². The van der Waals surface area contributed by atoms with Crippen molar-refractivity contribution in [2.75, 3.05) is 13.1 Å². The van der Waals surface area contributed by atoms with E-state index in [0.29, 0.717) is 6.04 Å². The van der Waals surface area contributed by atoms with Gasteiger partial charge in [0.2, 0.25) is 0 Å². The largest absolute Gasteiger partial charge is 0.323 e. The number of hydrogen-bond donors (Lipinski definition) is 1. The molecule has 16 heavy (non-hydrogen) atoms. The Bertz CT molecular complexity index is 350. The van der Waals surface area contributed by atoms with Gasteiger partial charge >= 0.3 is 0 Å².